The van der Waals surface area contributed by atoms with Crippen molar-refractivity contribution in [1.82, 2.24) is 14.6 Å². The molecule has 0 aliphatic carbocycles. The highest BCUT2D eigenvalue weighted by molar-refractivity contribution is 5.76. The fraction of sp³-hybridized carbons (Fsp3) is 0.133. The summed E-state index contributed by atoms with van der Waals surface area (Å²) >= 11 is 0. The molecule has 1 aromatic carbocycles. The van der Waals surface area contributed by atoms with Gasteiger partial charge in [0.1, 0.15) is 12.1 Å². The Bertz CT molecular complexity index is 839. The second-order valence-electron chi connectivity index (χ2n) is 4.80. The van der Waals surface area contributed by atoms with E-state index in [2.05, 4.69) is 10.2 Å². The fourth-order valence-electron chi connectivity index (χ4n) is 2.19. The Morgan fingerprint density at radius 1 is 1.14 bits per heavy atom. The molecule has 112 valence electrons. The molecule has 0 radical (unpaired) electrons. The molecule has 0 amide bonds. The predicted molar refractivity (Wildman–Crippen MR) is 72.6 cm³/mol. The van der Waals surface area contributed by atoms with Gasteiger partial charge in [-0.05, 0) is 23.8 Å². The van der Waals surface area contributed by atoms with Crippen LogP contribution in [0.4, 0.5) is 13.2 Å². The summed E-state index contributed by atoms with van der Waals surface area (Å²) in [5, 5.41) is 7.90. The summed E-state index contributed by atoms with van der Waals surface area (Å²) in [4.78, 5) is 10.7. The van der Waals surface area contributed by atoms with Crippen LogP contribution >= 0.6 is 0 Å². The van der Waals surface area contributed by atoms with Crippen molar-refractivity contribution < 1.29 is 18.0 Å². The molecule has 0 aliphatic rings. The Morgan fingerprint density at radius 2 is 1.95 bits per heavy atom. The van der Waals surface area contributed by atoms with Crippen molar-refractivity contribution in [3.05, 3.63) is 65.1 Å². The Labute approximate surface area is 123 Å². The Morgan fingerprint density at radius 3 is 2.68 bits per heavy atom. The lowest BCUT2D eigenvalue weighted by Crippen LogP contribution is -2.06. The third-order valence-electron chi connectivity index (χ3n) is 3.26. The van der Waals surface area contributed by atoms with E-state index in [0.717, 1.165) is 12.1 Å². The topological polar surface area (TPSA) is 47.3 Å². The maximum atomic E-state index is 12.7. The molecule has 22 heavy (non-hydrogen) atoms. The number of benzene rings is 1. The summed E-state index contributed by atoms with van der Waals surface area (Å²) in [6.07, 6.45) is -1.84. The van der Waals surface area contributed by atoms with E-state index in [1.165, 1.54) is 6.07 Å². The van der Waals surface area contributed by atoms with Crippen molar-refractivity contribution >= 4 is 11.9 Å². The number of hydrogen-bond donors (Lipinski definition) is 0. The number of hydrogen-bond acceptors (Lipinski definition) is 3. The molecule has 0 fully saturated rings. The van der Waals surface area contributed by atoms with Gasteiger partial charge in [0.25, 0.3) is 0 Å². The number of carbonyl (C=O) groups is 1. The van der Waals surface area contributed by atoms with Crippen molar-refractivity contribution in [1.29, 1.82) is 0 Å². The first-order chi connectivity index (χ1) is 10.5. The van der Waals surface area contributed by atoms with Crippen LogP contribution in [0.2, 0.25) is 0 Å². The van der Waals surface area contributed by atoms with Crippen LogP contribution in [0.25, 0.3) is 5.65 Å². The molecule has 3 rings (SSSR count). The van der Waals surface area contributed by atoms with Crippen molar-refractivity contribution in [2.24, 2.45) is 0 Å². The summed E-state index contributed by atoms with van der Waals surface area (Å²) in [6, 6.07) is 8.26. The Hall–Kier alpha value is -2.70. The molecule has 3 aromatic rings. The van der Waals surface area contributed by atoms with Gasteiger partial charge in [0.15, 0.2) is 5.65 Å². The molecule has 0 saturated heterocycles. The van der Waals surface area contributed by atoms with Crippen LogP contribution in [0.15, 0.2) is 42.6 Å². The average molecular weight is 305 g/mol. The van der Waals surface area contributed by atoms with Crippen molar-refractivity contribution in [2.75, 3.05) is 0 Å². The molecule has 0 unspecified atom stereocenters. The van der Waals surface area contributed by atoms with Crippen LogP contribution in [-0.2, 0) is 12.6 Å². The van der Waals surface area contributed by atoms with Gasteiger partial charge >= 0.3 is 6.18 Å². The van der Waals surface area contributed by atoms with Crippen LogP contribution in [0.5, 0.6) is 0 Å². The maximum Gasteiger partial charge on any atom is 0.416 e. The third kappa shape index (κ3) is 2.69. The van der Waals surface area contributed by atoms with Crippen LogP contribution in [0.1, 0.15) is 27.3 Å². The van der Waals surface area contributed by atoms with E-state index in [1.807, 2.05) is 0 Å². The summed E-state index contributed by atoms with van der Waals surface area (Å²) in [7, 11) is 0. The first-order valence-electron chi connectivity index (χ1n) is 6.42. The van der Waals surface area contributed by atoms with Crippen molar-refractivity contribution in [3.63, 3.8) is 0 Å². The monoisotopic (exact) mass is 305 g/mol. The fourth-order valence-corrected chi connectivity index (χ4v) is 2.19. The number of nitrogens with zero attached hydrogens (tertiary/aromatic N) is 3. The van der Waals surface area contributed by atoms with Crippen LogP contribution in [0, 0.1) is 0 Å². The van der Waals surface area contributed by atoms with E-state index in [4.69, 9.17) is 0 Å². The Balaban J connectivity index is 1.95. The molecule has 0 atom stereocenters. The molecule has 0 bridgehead atoms. The number of aldehydes is 1. The second-order valence-corrected chi connectivity index (χ2v) is 4.80. The quantitative estimate of drug-likeness (QED) is 0.698. The number of pyridine rings is 1. The zero-order valence-corrected chi connectivity index (χ0v) is 11.2. The van der Waals surface area contributed by atoms with E-state index in [9.17, 15) is 18.0 Å². The summed E-state index contributed by atoms with van der Waals surface area (Å²) in [5.74, 6) is 0.506. The number of carbonyl (C=O) groups excluding carboxylic acids is 1. The number of rotatable bonds is 3. The van der Waals surface area contributed by atoms with E-state index < -0.39 is 11.7 Å². The molecular weight excluding hydrogens is 295 g/mol. The number of halogens is 3. The SMILES string of the molecule is O=Cc1ccn2c(Cc3cccc(C(F)(F)F)c3)nnc2c1. The minimum absolute atomic E-state index is 0.214. The first-order valence-corrected chi connectivity index (χ1v) is 6.42. The lowest BCUT2D eigenvalue weighted by atomic mass is 10.1. The smallest absolute Gasteiger partial charge is 0.298 e. The van der Waals surface area contributed by atoms with Gasteiger partial charge < -0.3 is 0 Å². The van der Waals surface area contributed by atoms with Crippen molar-refractivity contribution in [2.45, 2.75) is 12.6 Å². The van der Waals surface area contributed by atoms with Crippen molar-refractivity contribution in [3.8, 4) is 0 Å². The molecule has 4 nitrogen and oxygen atoms in total. The normalized spacial score (nSPS) is 11.8. The van der Waals surface area contributed by atoms with Gasteiger partial charge in [-0.25, -0.2) is 0 Å². The summed E-state index contributed by atoms with van der Waals surface area (Å²) in [6.45, 7) is 0. The highest BCUT2D eigenvalue weighted by Crippen LogP contribution is 2.29. The molecule has 0 saturated carbocycles. The van der Waals surface area contributed by atoms with E-state index in [-0.39, 0.29) is 6.42 Å². The molecule has 7 heteroatoms. The molecule has 0 spiro atoms. The number of fused-ring (bicyclic) bond motifs is 1. The summed E-state index contributed by atoms with van der Waals surface area (Å²) < 4.78 is 39.8. The molecule has 0 N–H and O–H groups in total. The highest BCUT2D eigenvalue weighted by Gasteiger charge is 2.30. The first kappa shape index (κ1) is 14.2. The Kier molecular flexibility index (Phi) is 3.40. The number of aromatic nitrogens is 3. The lowest BCUT2D eigenvalue weighted by Gasteiger charge is -2.08. The zero-order chi connectivity index (χ0) is 15.7. The van der Waals surface area contributed by atoms with Gasteiger partial charge in [0.2, 0.25) is 0 Å². The highest BCUT2D eigenvalue weighted by atomic mass is 19.4. The third-order valence-corrected chi connectivity index (χ3v) is 3.26. The molecule has 2 heterocycles. The van der Waals surface area contributed by atoms with Gasteiger partial charge in [-0.3, -0.25) is 9.20 Å². The standard InChI is InChI=1S/C15H10F3N3O/c16-15(17,18)12-3-1-2-10(6-12)7-13-19-20-14-8-11(9-22)4-5-21(13)14/h1-6,8-9H,7H2. The van der Waals surface area contributed by atoms with Gasteiger partial charge in [0, 0.05) is 18.2 Å². The summed E-state index contributed by atoms with van der Waals surface area (Å²) in [5.41, 5.74) is 0.739. The molecule has 2 aromatic heterocycles. The average Bonchev–Trinajstić information content (AvgIpc) is 2.89. The minimum atomic E-state index is -4.37. The van der Waals surface area contributed by atoms with E-state index in [1.54, 1.807) is 28.8 Å². The minimum Gasteiger partial charge on any atom is -0.298 e. The van der Waals surface area contributed by atoms with Gasteiger partial charge in [0.05, 0.1) is 5.56 Å². The largest absolute Gasteiger partial charge is 0.416 e. The predicted octanol–water partition coefficient (Wildman–Crippen LogP) is 3.15. The molecule has 0 aliphatic heterocycles. The van der Waals surface area contributed by atoms with Crippen LogP contribution < -0.4 is 0 Å². The van der Waals surface area contributed by atoms with Gasteiger partial charge in [-0.1, -0.05) is 18.2 Å². The van der Waals surface area contributed by atoms with Gasteiger partial charge in [-0.2, -0.15) is 13.2 Å². The van der Waals surface area contributed by atoms with Crippen LogP contribution in [0.3, 0.4) is 0 Å². The van der Waals surface area contributed by atoms with E-state index in [0.29, 0.717) is 28.9 Å². The zero-order valence-electron chi connectivity index (χ0n) is 11.2. The molecular formula is C15H10F3N3O. The lowest BCUT2D eigenvalue weighted by molar-refractivity contribution is -0.137. The maximum absolute atomic E-state index is 12.7. The van der Waals surface area contributed by atoms with Gasteiger partial charge in [-0.15, -0.1) is 10.2 Å². The van der Waals surface area contributed by atoms with Crippen LogP contribution in [-0.4, -0.2) is 20.9 Å². The van der Waals surface area contributed by atoms with E-state index >= 15 is 0 Å². The number of alkyl halides is 3. The second kappa shape index (κ2) is 5.25.